The molecule has 1 atom stereocenters. The number of nitrogens with two attached hydrogens (primary N) is 1. The molecule has 2 rings (SSSR count). The monoisotopic (exact) mass is 274 g/mol. The van der Waals surface area contributed by atoms with E-state index < -0.39 is 0 Å². The second-order valence-electron chi connectivity index (χ2n) is 5.76. The van der Waals surface area contributed by atoms with Gasteiger partial charge >= 0.3 is 0 Å². The van der Waals surface area contributed by atoms with Gasteiger partial charge in [-0.25, -0.2) is 0 Å². The third-order valence-electron chi connectivity index (χ3n) is 4.34. The lowest BCUT2D eigenvalue weighted by molar-refractivity contribution is -0.134. The third-order valence-corrected chi connectivity index (χ3v) is 4.34. The molecule has 1 heterocycles. The summed E-state index contributed by atoms with van der Waals surface area (Å²) in [5.41, 5.74) is 6.87. The van der Waals surface area contributed by atoms with Crippen molar-refractivity contribution in [3.8, 4) is 0 Å². The zero-order valence-electron chi connectivity index (χ0n) is 12.4. The van der Waals surface area contributed by atoms with Crippen molar-refractivity contribution in [3.05, 3.63) is 35.9 Å². The molecule has 110 valence electrons. The number of carbonyl (C=O) groups is 1. The highest BCUT2D eigenvalue weighted by atomic mass is 16.2. The topological polar surface area (TPSA) is 46.3 Å². The Bertz CT molecular complexity index is 410. The molecular formula is C17H26N2O. The van der Waals surface area contributed by atoms with E-state index in [4.69, 9.17) is 5.73 Å². The molecule has 0 saturated carbocycles. The highest BCUT2D eigenvalue weighted by molar-refractivity contribution is 5.83. The van der Waals surface area contributed by atoms with Crippen molar-refractivity contribution < 1.29 is 4.79 Å². The molecule has 1 aromatic rings. The molecular weight excluding hydrogens is 248 g/mol. The Hall–Kier alpha value is -1.35. The first kappa shape index (κ1) is 15.0. The normalized spacial score (nSPS) is 18.0. The second-order valence-corrected chi connectivity index (χ2v) is 5.76. The number of hydrogen-bond donors (Lipinski definition) is 1. The first-order chi connectivity index (χ1) is 9.76. The maximum absolute atomic E-state index is 12.8. The molecule has 1 aliphatic heterocycles. The summed E-state index contributed by atoms with van der Waals surface area (Å²) in [6.07, 6.45) is 4.07. The largest absolute Gasteiger partial charge is 0.342 e. The van der Waals surface area contributed by atoms with Crippen LogP contribution in [-0.4, -0.2) is 30.4 Å². The molecule has 0 spiro atoms. The van der Waals surface area contributed by atoms with Crippen LogP contribution in [0.2, 0.25) is 0 Å². The smallest absolute Gasteiger partial charge is 0.230 e. The summed E-state index contributed by atoms with van der Waals surface area (Å²) in [4.78, 5) is 14.8. The fourth-order valence-corrected chi connectivity index (χ4v) is 3.02. The molecule has 1 fully saturated rings. The second kappa shape index (κ2) is 7.44. The van der Waals surface area contributed by atoms with Crippen molar-refractivity contribution in [3.63, 3.8) is 0 Å². The van der Waals surface area contributed by atoms with E-state index in [9.17, 15) is 4.79 Å². The van der Waals surface area contributed by atoms with Gasteiger partial charge in [-0.15, -0.1) is 0 Å². The lowest BCUT2D eigenvalue weighted by Gasteiger charge is -2.34. The fraction of sp³-hybridized carbons (Fsp3) is 0.588. The van der Waals surface area contributed by atoms with Gasteiger partial charge in [0.15, 0.2) is 0 Å². The predicted molar refractivity (Wildman–Crippen MR) is 82.4 cm³/mol. The summed E-state index contributed by atoms with van der Waals surface area (Å²) in [5, 5.41) is 0. The maximum atomic E-state index is 12.8. The van der Waals surface area contributed by atoms with Gasteiger partial charge < -0.3 is 10.6 Å². The SMILES string of the molecule is CCCC(C(=O)N1CCC(CN)CC1)c1ccccc1. The summed E-state index contributed by atoms with van der Waals surface area (Å²) >= 11 is 0. The third kappa shape index (κ3) is 3.60. The highest BCUT2D eigenvalue weighted by Gasteiger charge is 2.28. The molecule has 1 saturated heterocycles. The Morgan fingerprint density at radius 3 is 2.50 bits per heavy atom. The molecule has 1 amide bonds. The van der Waals surface area contributed by atoms with E-state index in [0.29, 0.717) is 11.8 Å². The predicted octanol–water partition coefficient (Wildman–Crippen LogP) is 2.77. The van der Waals surface area contributed by atoms with Gasteiger partial charge in [-0.2, -0.15) is 0 Å². The minimum absolute atomic E-state index is 0.0237. The number of hydrogen-bond acceptors (Lipinski definition) is 2. The summed E-state index contributed by atoms with van der Waals surface area (Å²) in [5.74, 6) is 0.921. The van der Waals surface area contributed by atoms with Crippen molar-refractivity contribution in [2.45, 2.75) is 38.5 Å². The van der Waals surface area contributed by atoms with E-state index in [0.717, 1.165) is 50.9 Å². The van der Waals surface area contributed by atoms with E-state index in [-0.39, 0.29) is 5.92 Å². The molecule has 1 unspecified atom stereocenters. The van der Waals surface area contributed by atoms with Crippen LogP contribution in [0.4, 0.5) is 0 Å². The van der Waals surface area contributed by atoms with Crippen LogP contribution >= 0.6 is 0 Å². The van der Waals surface area contributed by atoms with Gasteiger partial charge in [0.25, 0.3) is 0 Å². The zero-order valence-corrected chi connectivity index (χ0v) is 12.4. The standard InChI is InChI=1S/C17H26N2O/c1-2-6-16(15-7-4-3-5-8-15)17(20)19-11-9-14(13-18)10-12-19/h3-5,7-8,14,16H,2,6,9-13,18H2,1H3. The quantitative estimate of drug-likeness (QED) is 0.897. The lowest BCUT2D eigenvalue weighted by atomic mass is 9.91. The summed E-state index contributed by atoms with van der Waals surface area (Å²) in [7, 11) is 0. The minimum Gasteiger partial charge on any atom is -0.342 e. The van der Waals surface area contributed by atoms with Gasteiger partial charge in [0.2, 0.25) is 5.91 Å². The Morgan fingerprint density at radius 1 is 1.30 bits per heavy atom. The lowest BCUT2D eigenvalue weighted by Crippen LogP contribution is -2.42. The first-order valence-corrected chi connectivity index (χ1v) is 7.80. The van der Waals surface area contributed by atoms with Crippen molar-refractivity contribution >= 4 is 5.91 Å². The van der Waals surface area contributed by atoms with Gasteiger partial charge in [-0.3, -0.25) is 4.79 Å². The summed E-state index contributed by atoms with van der Waals surface area (Å²) in [6, 6.07) is 10.2. The molecule has 1 aromatic carbocycles. The zero-order chi connectivity index (χ0) is 14.4. The molecule has 3 heteroatoms. The Balaban J connectivity index is 2.04. The van der Waals surface area contributed by atoms with E-state index in [1.54, 1.807) is 0 Å². The molecule has 20 heavy (non-hydrogen) atoms. The van der Waals surface area contributed by atoms with Gasteiger partial charge in [0, 0.05) is 13.1 Å². The minimum atomic E-state index is 0.0237. The van der Waals surface area contributed by atoms with Gasteiger partial charge in [0.1, 0.15) is 0 Å². The van der Waals surface area contributed by atoms with Crippen LogP contribution in [0.15, 0.2) is 30.3 Å². The van der Waals surface area contributed by atoms with Crippen LogP contribution in [0, 0.1) is 5.92 Å². The van der Waals surface area contributed by atoms with Crippen LogP contribution in [-0.2, 0) is 4.79 Å². The van der Waals surface area contributed by atoms with Crippen LogP contribution in [0.1, 0.15) is 44.1 Å². The molecule has 0 bridgehead atoms. The van der Waals surface area contributed by atoms with Crippen molar-refractivity contribution in [1.82, 2.24) is 4.90 Å². The molecule has 3 nitrogen and oxygen atoms in total. The van der Waals surface area contributed by atoms with Crippen molar-refractivity contribution in [2.24, 2.45) is 11.7 Å². The molecule has 2 N–H and O–H groups in total. The van der Waals surface area contributed by atoms with Crippen molar-refractivity contribution in [1.29, 1.82) is 0 Å². The Labute approximate surface area is 122 Å². The van der Waals surface area contributed by atoms with Crippen LogP contribution < -0.4 is 5.73 Å². The van der Waals surface area contributed by atoms with E-state index in [1.165, 1.54) is 0 Å². The molecule has 1 aliphatic rings. The Kier molecular flexibility index (Phi) is 5.60. The van der Waals surface area contributed by atoms with E-state index in [2.05, 4.69) is 19.1 Å². The number of amides is 1. The number of benzene rings is 1. The van der Waals surface area contributed by atoms with Gasteiger partial charge in [-0.1, -0.05) is 43.7 Å². The molecule has 0 radical (unpaired) electrons. The van der Waals surface area contributed by atoms with E-state index in [1.807, 2.05) is 23.1 Å². The number of likely N-dealkylation sites (tertiary alicyclic amines) is 1. The number of piperidine rings is 1. The number of rotatable bonds is 5. The van der Waals surface area contributed by atoms with Crippen LogP contribution in [0.5, 0.6) is 0 Å². The maximum Gasteiger partial charge on any atom is 0.230 e. The highest BCUT2D eigenvalue weighted by Crippen LogP contribution is 2.26. The van der Waals surface area contributed by atoms with Crippen LogP contribution in [0.3, 0.4) is 0 Å². The van der Waals surface area contributed by atoms with Gasteiger partial charge in [0.05, 0.1) is 5.92 Å². The van der Waals surface area contributed by atoms with E-state index >= 15 is 0 Å². The van der Waals surface area contributed by atoms with Gasteiger partial charge in [-0.05, 0) is 37.3 Å². The fourth-order valence-electron chi connectivity index (χ4n) is 3.02. The number of carbonyl (C=O) groups excluding carboxylic acids is 1. The Morgan fingerprint density at radius 2 is 1.95 bits per heavy atom. The van der Waals surface area contributed by atoms with Crippen molar-refractivity contribution in [2.75, 3.05) is 19.6 Å². The first-order valence-electron chi connectivity index (χ1n) is 7.80. The molecule has 0 aromatic heterocycles. The summed E-state index contributed by atoms with van der Waals surface area (Å²) in [6.45, 7) is 4.63. The van der Waals surface area contributed by atoms with Crippen LogP contribution in [0.25, 0.3) is 0 Å². The average Bonchev–Trinajstić information content (AvgIpc) is 2.53. The number of nitrogens with zero attached hydrogens (tertiary/aromatic N) is 1. The molecule has 0 aliphatic carbocycles. The average molecular weight is 274 g/mol. The summed E-state index contributed by atoms with van der Waals surface area (Å²) < 4.78 is 0.